The summed E-state index contributed by atoms with van der Waals surface area (Å²) in [4.78, 5) is 23.3. The maximum Gasteiger partial charge on any atom is 0.331 e. The molecular formula is C16H19NO4. The standard InChI is InChI=1S/C16H19NO4/c1-11(16(19)17-13-7-8-13)21-15(18)9-6-12-4-3-5-14(10-12)20-2/h3-6,9-11,13H,7-8H2,1-2H3,(H,17,19)/b9-6+/t11-/m1/s1. The van der Waals surface area contributed by atoms with Crippen LogP contribution in [0.25, 0.3) is 6.08 Å². The van der Waals surface area contributed by atoms with Crippen molar-refractivity contribution in [3.05, 3.63) is 35.9 Å². The van der Waals surface area contributed by atoms with E-state index in [1.165, 1.54) is 6.08 Å². The van der Waals surface area contributed by atoms with Gasteiger partial charge in [0.2, 0.25) is 0 Å². The smallest absolute Gasteiger partial charge is 0.331 e. The van der Waals surface area contributed by atoms with Crippen LogP contribution in [-0.4, -0.2) is 31.1 Å². The first-order chi connectivity index (χ1) is 10.1. The Morgan fingerprint density at radius 1 is 1.38 bits per heavy atom. The summed E-state index contributed by atoms with van der Waals surface area (Å²) in [7, 11) is 1.58. The van der Waals surface area contributed by atoms with Gasteiger partial charge in [0.05, 0.1) is 7.11 Å². The summed E-state index contributed by atoms with van der Waals surface area (Å²) < 4.78 is 10.1. The molecule has 5 nitrogen and oxygen atoms in total. The summed E-state index contributed by atoms with van der Waals surface area (Å²) in [5.74, 6) is -0.0837. The number of rotatable bonds is 6. The molecule has 1 aliphatic rings. The summed E-state index contributed by atoms with van der Waals surface area (Å²) >= 11 is 0. The van der Waals surface area contributed by atoms with E-state index >= 15 is 0 Å². The van der Waals surface area contributed by atoms with Gasteiger partial charge in [-0.1, -0.05) is 12.1 Å². The largest absolute Gasteiger partial charge is 0.497 e. The van der Waals surface area contributed by atoms with E-state index in [4.69, 9.17) is 9.47 Å². The third kappa shape index (κ3) is 4.95. The topological polar surface area (TPSA) is 64.6 Å². The molecule has 2 rings (SSSR count). The first kappa shape index (κ1) is 15.1. The molecule has 1 aromatic rings. The highest BCUT2D eigenvalue weighted by molar-refractivity contribution is 5.90. The number of methoxy groups -OCH3 is 1. The molecule has 112 valence electrons. The first-order valence-corrected chi connectivity index (χ1v) is 6.91. The van der Waals surface area contributed by atoms with Crippen molar-refractivity contribution in [2.24, 2.45) is 0 Å². The van der Waals surface area contributed by atoms with Crippen molar-refractivity contribution in [3.63, 3.8) is 0 Å². The molecule has 5 heteroatoms. The van der Waals surface area contributed by atoms with E-state index in [1.54, 1.807) is 26.2 Å². The molecule has 1 amide bonds. The molecular weight excluding hydrogens is 270 g/mol. The number of nitrogens with one attached hydrogen (secondary N) is 1. The molecule has 21 heavy (non-hydrogen) atoms. The van der Waals surface area contributed by atoms with Gasteiger partial charge in [-0.05, 0) is 43.5 Å². The van der Waals surface area contributed by atoms with Gasteiger partial charge in [0, 0.05) is 12.1 Å². The van der Waals surface area contributed by atoms with Gasteiger partial charge in [0.15, 0.2) is 6.10 Å². The van der Waals surface area contributed by atoms with Crippen LogP contribution in [0.1, 0.15) is 25.3 Å². The average Bonchev–Trinajstić information content (AvgIpc) is 3.29. The van der Waals surface area contributed by atoms with Gasteiger partial charge < -0.3 is 14.8 Å². The molecule has 0 unspecified atom stereocenters. The van der Waals surface area contributed by atoms with Crippen molar-refractivity contribution >= 4 is 18.0 Å². The maximum absolute atomic E-state index is 11.7. The Kier molecular flexibility index (Phi) is 4.98. The Morgan fingerprint density at radius 3 is 2.81 bits per heavy atom. The highest BCUT2D eigenvalue weighted by Crippen LogP contribution is 2.19. The van der Waals surface area contributed by atoms with E-state index in [-0.39, 0.29) is 11.9 Å². The Labute approximate surface area is 123 Å². The SMILES string of the molecule is COc1cccc(/C=C/C(=O)O[C@H](C)C(=O)NC2CC2)c1. The molecule has 1 saturated carbocycles. The zero-order valence-electron chi connectivity index (χ0n) is 12.2. The van der Waals surface area contributed by atoms with Crippen molar-refractivity contribution in [1.82, 2.24) is 5.32 Å². The van der Waals surface area contributed by atoms with Crippen LogP contribution in [0.5, 0.6) is 5.75 Å². The highest BCUT2D eigenvalue weighted by Gasteiger charge is 2.26. The van der Waals surface area contributed by atoms with E-state index in [0.717, 1.165) is 18.4 Å². The van der Waals surface area contributed by atoms with Crippen molar-refractivity contribution in [1.29, 1.82) is 0 Å². The van der Waals surface area contributed by atoms with E-state index in [9.17, 15) is 9.59 Å². The van der Waals surface area contributed by atoms with Crippen molar-refractivity contribution < 1.29 is 19.1 Å². The number of benzene rings is 1. The minimum absolute atomic E-state index is 0.249. The van der Waals surface area contributed by atoms with Crippen LogP contribution in [-0.2, 0) is 14.3 Å². The Hall–Kier alpha value is -2.30. The van der Waals surface area contributed by atoms with Crippen LogP contribution in [0.4, 0.5) is 0 Å². The number of carbonyl (C=O) groups is 2. The molecule has 0 heterocycles. The lowest BCUT2D eigenvalue weighted by atomic mass is 10.2. The molecule has 0 saturated heterocycles. The molecule has 1 atom stereocenters. The van der Waals surface area contributed by atoms with Gasteiger partial charge in [0.1, 0.15) is 5.75 Å². The van der Waals surface area contributed by atoms with Crippen molar-refractivity contribution in [2.45, 2.75) is 31.9 Å². The van der Waals surface area contributed by atoms with Crippen LogP contribution >= 0.6 is 0 Å². The summed E-state index contributed by atoms with van der Waals surface area (Å²) in [6.45, 7) is 1.56. The number of ether oxygens (including phenoxy) is 2. The zero-order valence-corrected chi connectivity index (χ0v) is 12.2. The molecule has 1 aromatic carbocycles. The predicted octanol–water partition coefficient (Wildman–Crippen LogP) is 1.92. The minimum atomic E-state index is -0.784. The van der Waals surface area contributed by atoms with Gasteiger partial charge >= 0.3 is 5.97 Å². The van der Waals surface area contributed by atoms with Crippen LogP contribution in [0.15, 0.2) is 30.3 Å². The van der Waals surface area contributed by atoms with E-state index in [0.29, 0.717) is 5.75 Å². The maximum atomic E-state index is 11.7. The number of esters is 1. The van der Waals surface area contributed by atoms with Gasteiger partial charge in [-0.15, -0.1) is 0 Å². The average molecular weight is 289 g/mol. The normalized spacial score (nSPS) is 15.5. The number of hydrogen-bond acceptors (Lipinski definition) is 4. The molecule has 1 aliphatic carbocycles. The van der Waals surface area contributed by atoms with Crippen LogP contribution in [0, 0.1) is 0 Å². The Balaban J connectivity index is 1.84. The number of hydrogen-bond donors (Lipinski definition) is 1. The van der Waals surface area contributed by atoms with Crippen LogP contribution < -0.4 is 10.1 Å². The molecule has 0 spiro atoms. The minimum Gasteiger partial charge on any atom is -0.497 e. The Morgan fingerprint density at radius 2 is 2.14 bits per heavy atom. The quantitative estimate of drug-likeness (QED) is 0.642. The summed E-state index contributed by atoms with van der Waals surface area (Å²) in [5.41, 5.74) is 0.821. The third-order valence-electron chi connectivity index (χ3n) is 3.09. The predicted molar refractivity (Wildman–Crippen MR) is 78.7 cm³/mol. The number of carbonyl (C=O) groups excluding carboxylic acids is 2. The second kappa shape index (κ2) is 6.92. The molecule has 0 bridgehead atoms. The zero-order chi connectivity index (χ0) is 15.2. The number of amides is 1. The fourth-order valence-corrected chi connectivity index (χ4v) is 1.72. The first-order valence-electron chi connectivity index (χ1n) is 6.91. The molecule has 0 radical (unpaired) electrons. The monoisotopic (exact) mass is 289 g/mol. The van der Waals surface area contributed by atoms with E-state index in [1.807, 2.05) is 18.2 Å². The molecule has 0 aromatic heterocycles. The lowest BCUT2D eigenvalue weighted by molar-refractivity contribution is -0.150. The molecule has 1 fully saturated rings. The van der Waals surface area contributed by atoms with E-state index in [2.05, 4.69) is 5.32 Å². The van der Waals surface area contributed by atoms with Crippen molar-refractivity contribution in [2.75, 3.05) is 7.11 Å². The fraction of sp³-hybridized carbons (Fsp3) is 0.375. The Bertz CT molecular complexity index is 549. The van der Waals surface area contributed by atoms with Crippen molar-refractivity contribution in [3.8, 4) is 5.75 Å². The lowest BCUT2D eigenvalue weighted by Crippen LogP contribution is -2.36. The second-order valence-corrected chi connectivity index (χ2v) is 4.97. The van der Waals surface area contributed by atoms with Gasteiger partial charge in [-0.3, -0.25) is 4.79 Å². The summed E-state index contributed by atoms with van der Waals surface area (Å²) in [6.07, 6.45) is 4.14. The van der Waals surface area contributed by atoms with Crippen LogP contribution in [0.2, 0.25) is 0 Å². The third-order valence-corrected chi connectivity index (χ3v) is 3.09. The second-order valence-electron chi connectivity index (χ2n) is 4.97. The van der Waals surface area contributed by atoms with Crippen LogP contribution in [0.3, 0.4) is 0 Å². The van der Waals surface area contributed by atoms with Gasteiger partial charge in [-0.25, -0.2) is 4.79 Å². The molecule has 0 aliphatic heterocycles. The fourth-order valence-electron chi connectivity index (χ4n) is 1.72. The summed E-state index contributed by atoms with van der Waals surface area (Å²) in [6, 6.07) is 7.55. The highest BCUT2D eigenvalue weighted by atomic mass is 16.5. The van der Waals surface area contributed by atoms with Gasteiger partial charge in [-0.2, -0.15) is 0 Å². The van der Waals surface area contributed by atoms with Gasteiger partial charge in [0.25, 0.3) is 5.91 Å². The lowest BCUT2D eigenvalue weighted by Gasteiger charge is -2.11. The van der Waals surface area contributed by atoms with E-state index < -0.39 is 12.1 Å². The molecule has 1 N–H and O–H groups in total. The summed E-state index contributed by atoms with van der Waals surface area (Å²) in [5, 5.41) is 2.79.